The monoisotopic (exact) mass is 504 g/mol. The lowest BCUT2D eigenvalue weighted by molar-refractivity contribution is -0.118. The molecule has 2 aliphatic rings. The number of benzene rings is 1. The lowest BCUT2D eigenvalue weighted by Gasteiger charge is -2.32. The molecule has 1 aliphatic heterocycles. The summed E-state index contributed by atoms with van der Waals surface area (Å²) < 4.78 is 0. The third kappa shape index (κ3) is 8.78. The third-order valence-corrected chi connectivity index (χ3v) is 10.2. The molecular formula is C29H48N2OS2. The fourth-order valence-electron chi connectivity index (χ4n) is 4.87. The zero-order valence-electron chi connectivity index (χ0n) is 22.5. The summed E-state index contributed by atoms with van der Waals surface area (Å²) in [7, 11) is 0. The summed E-state index contributed by atoms with van der Waals surface area (Å²) in [6.45, 7) is 18.0. The summed E-state index contributed by atoms with van der Waals surface area (Å²) in [6.07, 6.45) is 9.05. The number of hydrogen-bond donors (Lipinski definition) is 1. The van der Waals surface area contributed by atoms with Crippen LogP contribution in [0.3, 0.4) is 0 Å². The topological polar surface area (TPSA) is 32.3 Å². The Morgan fingerprint density at radius 2 is 1.47 bits per heavy atom. The second kappa shape index (κ2) is 12.5. The lowest BCUT2D eigenvalue weighted by Crippen LogP contribution is -2.38. The van der Waals surface area contributed by atoms with Crippen molar-refractivity contribution in [2.75, 3.05) is 31.9 Å². The summed E-state index contributed by atoms with van der Waals surface area (Å²) in [5.74, 6) is 0.804. The van der Waals surface area contributed by atoms with Crippen LogP contribution in [0.1, 0.15) is 97.6 Å². The highest BCUT2D eigenvalue weighted by atomic mass is 32.2. The van der Waals surface area contributed by atoms with Crippen LogP contribution in [0.4, 0.5) is 0 Å². The van der Waals surface area contributed by atoms with E-state index in [0.717, 1.165) is 13.1 Å². The molecule has 1 amide bonds. The molecule has 1 N–H and O–H groups in total. The van der Waals surface area contributed by atoms with Crippen molar-refractivity contribution in [1.82, 2.24) is 10.2 Å². The van der Waals surface area contributed by atoms with E-state index < -0.39 is 0 Å². The van der Waals surface area contributed by atoms with E-state index in [9.17, 15) is 4.79 Å². The number of carbonyl (C=O) groups is 1. The number of hydrogen-bond acceptors (Lipinski definition) is 4. The Balaban J connectivity index is 1.56. The number of carbonyl (C=O) groups excluding carboxylic acids is 1. The molecule has 2 atom stereocenters. The number of rotatable bonds is 8. The molecule has 1 saturated carbocycles. The van der Waals surface area contributed by atoms with Gasteiger partial charge < -0.3 is 10.2 Å². The molecule has 0 radical (unpaired) electrons. The SMILES string of the molecule is CC(C)(C)c1cc(S[C@@H]2CCCC[C@H]2SCC(=O)NCCN2CCCCC2)cc(C(C)(C)C)c1. The standard InChI is InChI=1S/C29H48N2OS2/c1-28(2,3)22-18-23(29(4,5)6)20-24(19-22)34-26-13-9-8-12-25(26)33-21-27(32)30-14-17-31-15-10-7-11-16-31/h18-20,25-26H,7-17,21H2,1-6H3,(H,30,32)/t25-,26-/m1/s1. The summed E-state index contributed by atoms with van der Waals surface area (Å²) in [4.78, 5) is 16.4. The molecular weight excluding hydrogens is 456 g/mol. The summed E-state index contributed by atoms with van der Waals surface area (Å²) in [5.41, 5.74) is 3.14. The average molecular weight is 505 g/mol. The van der Waals surface area contributed by atoms with Crippen LogP contribution in [0.2, 0.25) is 0 Å². The predicted molar refractivity (Wildman–Crippen MR) is 152 cm³/mol. The summed E-state index contributed by atoms with van der Waals surface area (Å²) in [6, 6.07) is 7.25. The number of likely N-dealkylation sites (tertiary alicyclic amines) is 1. The van der Waals surface area contributed by atoms with Gasteiger partial charge in [0.25, 0.3) is 0 Å². The van der Waals surface area contributed by atoms with Crippen molar-refractivity contribution in [2.45, 2.75) is 113 Å². The van der Waals surface area contributed by atoms with Crippen LogP contribution in [-0.4, -0.2) is 53.2 Å². The molecule has 0 spiro atoms. The van der Waals surface area contributed by atoms with Gasteiger partial charge in [0.1, 0.15) is 0 Å². The molecule has 2 fully saturated rings. The fraction of sp³-hybridized carbons (Fsp3) is 0.759. The Bertz CT molecular complexity index is 758. The molecule has 1 aliphatic carbocycles. The van der Waals surface area contributed by atoms with Gasteiger partial charge in [-0.05, 0) is 72.9 Å². The van der Waals surface area contributed by atoms with Crippen LogP contribution < -0.4 is 5.32 Å². The molecule has 1 saturated heterocycles. The van der Waals surface area contributed by atoms with Crippen molar-refractivity contribution < 1.29 is 4.79 Å². The van der Waals surface area contributed by atoms with Crippen molar-refractivity contribution in [3.05, 3.63) is 29.3 Å². The van der Waals surface area contributed by atoms with Crippen LogP contribution in [0.5, 0.6) is 0 Å². The highest BCUT2D eigenvalue weighted by Crippen LogP contribution is 2.42. The van der Waals surface area contributed by atoms with Gasteiger partial charge in [-0.2, -0.15) is 0 Å². The number of nitrogens with one attached hydrogen (secondary N) is 1. The van der Waals surface area contributed by atoms with Crippen molar-refractivity contribution >= 4 is 29.4 Å². The average Bonchev–Trinajstić information content (AvgIpc) is 2.78. The van der Waals surface area contributed by atoms with Gasteiger partial charge in [0, 0.05) is 28.5 Å². The van der Waals surface area contributed by atoms with E-state index in [4.69, 9.17) is 0 Å². The van der Waals surface area contributed by atoms with E-state index in [1.807, 2.05) is 11.8 Å². The molecule has 0 aromatic heterocycles. The second-order valence-electron chi connectivity index (χ2n) is 12.3. The highest BCUT2D eigenvalue weighted by molar-refractivity contribution is 8.04. The molecule has 5 heteroatoms. The van der Waals surface area contributed by atoms with Crippen molar-refractivity contribution in [1.29, 1.82) is 0 Å². The molecule has 3 rings (SSSR count). The van der Waals surface area contributed by atoms with Gasteiger partial charge in [0.2, 0.25) is 5.91 Å². The lowest BCUT2D eigenvalue weighted by atomic mass is 9.81. The van der Waals surface area contributed by atoms with Gasteiger partial charge in [-0.3, -0.25) is 4.79 Å². The Hall–Kier alpha value is -0.650. The molecule has 3 nitrogen and oxygen atoms in total. The van der Waals surface area contributed by atoms with Gasteiger partial charge in [-0.15, -0.1) is 23.5 Å². The van der Waals surface area contributed by atoms with Crippen LogP contribution in [-0.2, 0) is 15.6 Å². The quantitative estimate of drug-likeness (QED) is 0.412. The number of amides is 1. The van der Waals surface area contributed by atoms with Crippen LogP contribution in [0.25, 0.3) is 0 Å². The minimum atomic E-state index is 0.142. The first-order valence-electron chi connectivity index (χ1n) is 13.5. The van der Waals surface area contributed by atoms with E-state index in [0.29, 0.717) is 16.3 Å². The minimum Gasteiger partial charge on any atom is -0.354 e. The number of nitrogens with zero attached hydrogens (tertiary/aromatic N) is 1. The fourth-order valence-corrected chi connectivity index (χ4v) is 7.73. The zero-order chi connectivity index (χ0) is 24.8. The van der Waals surface area contributed by atoms with Crippen LogP contribution in [0.15, 0.2) is 23.1 Å². The van der Waals surface area contributed by atoms with E-state index in [1.165, 1.54) is 74.1 Å². The first-order valence-corrected chi connectivity index (χ1v) is 15.4. The number of piperidine rings is 1. The first-order chi connectivity index (χ1) is 16.0. The van der Waals surface area contributed by atoms with Gasteiger partial charge in [0.05, 0.1) is 5.75 Å². The highest BCUT2D eigenvalue weighted by Gasteiger charge is 2.28. The van der Waals surface area contributed by atoms with Gasteiger partial charge in [0.15, 0.2) is 0 Å². The molecule has 1 heterocycles. The third-order valence-electron chi connectivity index (χ3n) is 7.20. The Morgan fingerprint density at radius 1 is 0.882 bits per heavy atom. The van der Waals surface area contributed by atoms with Crippen molar-refractivity contribution in [2.24, 2.45) is 0 Å². The minimum absolute atomic E-state index is 0.142. The predicted octanol–water partition coefficient (Wildman–Crippen LogP) is 7.02. The maximum Gasteiger partial charge on any atom is 0.230 e. The van der Waals surface area contributed by atoms with Crippen molar-refractivity contribution in [3.63, 3.8) is 0 Å². The largest absolute Gasteiger partial charge is 0.354 e. The van der Waals surface area contributed by atoms with E-state index in [-0.39, 0.29) is 16.7 Å². The number of thioether (sulfide) groups is 2. The molecule has 0 bridgehead atoms. The first kappa shape index (κ1) is 27.9. The zero-order valence-corrected chi connectivity index (χ0v) is 24.2. The van der Waals surface area contributed by atoms with Crippen molar-refractivity contribution in [3.8, 4) is 0 Å². The van der Waals surface area contributed by atoms with Gasteiger partial charge >= 0.3 is 0 Å². The molecule has 34 heavy (non-hydrogen) atoms. The van der Waals surface area contributed by atoms with E-state index >= 15 is 0 Å². The summed E-state index contributed by atoms with van der Waals surface area (Å²) >= 11 is 3.95. The Labute approximate surface area is 218 Å². The maximum atomic E-state index is 12.5. The van der Waals surface area contributed by atoms with E-state index in [2.05, 4.69) is 81.7 Å². The second-order valence-corrected chi connectivity index (χ2v) is 14.8. The van der Waals surface area contributed by atoms with Gasteiger partial charge in [-0.1, -0.05) is 66.9 Å². The van der Waals surface area contributed by atoms with Gasteiger partial charge in [-0.25, -0.2) is 0 Å². The molecule has 1 aromatic rings. The Morgan fingerprint density at radius 3 is 2.06 bits per heavy atom. The molecule has 0 unspecified atom stereocenters. The normalized spacial score (nSPS) is 22.5. The smallest absolute Gasteiger partial charge is 0.230 e. The maximum absolute atomic E-state index is 12.5. The summed E-state index contributed by atoms with van der Waals surface area (Å²) in [5, 5.41) is 4.32. The molecule has 1 aromatic carbocycles. The Kier molecular flexibility index (Phi) is 10.3. The van der Waals surface area contributed by atoms with Crippen LogP contribution >= 0.6 is 23.5 Å². The molecule has 192 valence electrons. The van der Waals surface area contributed by atoms with E-state index in [1.54, 1.807) is 0 Å². The van der Waals surface area contributed by atoms with Crippen LogP contribution in [0, 0.1) is 0 Å².